The largest absolute Gasteiger partial charge is 0.396 e. The van der Waals surface area contributed by atoms with Crippen LogP contribution in [-0.2, 0) is 0 Å². The maximum absolute atomic E-state index is 8.83. The van der Waals surface area contributed by atoms with Gasteiger partial charge in [0.1, 0.15) is 0 Å². The Kier molecular flexibility index (Phi) is 5.17. The van der Waals surface area contributed by atoms with E-state index in [1.54, 1.807) is 0 Å². The Morgan fingerprint density at radius 1 is 1.28 bits per heavy atom. The van der Waals surface area contributed by atoms with Crippen molar-refractivity contribution in [3.8, 4) is 0 Å². The maximum atomic E-state index is 8.83. The van der Waals surface area contributed by atoms with E-state index in [0.29, 0.717) is 12.0 Å². The second-order valence-electron chi connectivity index (χ2n) is 5.29. The summed E-state index contributed by atoms with van der Waals surface area (Å²) in [6.07, 6.45) is 2.04. The zero-order valence-electron chi connectivity index (χ0n) is 11.2. The topological polar surface area (TPSA) is 35.5 Å². The molecular weight excluding hydrogens is 224 g/mol. The molecule has 2 N–H and O–H groups in total. The Bertz CT molecular complexity index is 342. The van der Waals surface area contributed by atoms with Crippen LogP contribution in [0.2, 0.25) is 0 Å². The summed E-state index contributed by atoms with van der Waals surface area (Å²) in [6, 6.07) is 11.3. The molecule has 0 radical (unpaired) electrons. The molecule has 0 amide bonds. The Morgan fingerprint density at radius 2 is 2.06 bits per heavy atom. The minimum Gasteiger partial charge on any atom is -0.396 e. The number of hydrogen-bond acceptors (Lipinski definition) is 3. The average molecular weight is 248 g/mol. The van der Waals surface area contributed by atoms with Crippen molar-refractivity contribution in [3.05, 3.63) is 35.9 Å². The molecule has 2 unspecified atom stereocenters. The highest BCUT2D eigenvalue weighted by Crippen LogP contribution is 2.26. The van der Waals surface area contributed by atoms with Gasteiger partial charge in [0.15, 0.2) is 0 Å². The summed E-state index contributed by atoms with van der Waals surface area (Å²) in [4.78, 5) is 2.40. The minimum absolute atomic E-state index is 0.275. The Balaban J connectivity index is 1.92. The van der Waals surface area contributed by atoms with Gasteiger partial charge >= 0.3 is 0 Å². The summed E-state index contributed by atoms with van der Waals surface area (Å²) in [5, 5.41) is 12.4. The van der Waals surface area contributed by atoms with Gasteiger partial charge in [-0.25, -0.2) is 0 Å². The first-order chi connectivity index (χ1) is 8.79. The molecule has 1 aromatic rings. The third-order valence-electron chi connectivity index (χ3n) is 3.67. The van der Waals surface area contributed by atoms with E-state index >= 15 is 0 Å². The van der Waals surface area contributed by atoms with Crippen molar-refractivity contribution in [2.45, 2.75) is 24.8 Å². The summed E-state index contributed by atoms with van der Waals surface area (Å²) in [5.74, 6) is 0.622. The van der Waals surface area contributed by atoms with Crippen LogP contribution in [0, 0.1) is 0 Å². The summed E-state index contributed by atoms with van der Waals surface area (Å²) < 4.78 is 0. The van der Waals surface area contributed by atoms with Crippen LogP contribution in [0.3, 0.4) is 0 Å². The van der Waals surface area contributed by atoms with E-state index in [1.165, 1.54) is 12.0 Å². The van der Waals surface area contributed by atoms with Gasteiger partial charge in [-0.1, -0.05) is 30.3 Å². The lowest BCUT2D eigenvalue weighted by Gasteiger charge is -2.36. The monoisotopic (exact) mass is 248 g/mol. The standard InChI is InChI=1S/C15H24N2O/c1-17-11-14(13-6-3-2-4-7-13)10-15(12-17)16-8-5-9-18/h2-4,6-7,14-16,18H,5,8-12H2,1H3. The molecule has 1 heterocycles. The van der Waals surface area contributed by atoms with E-state index in [-0.39, 0.29) is 6.61 Å². The highest BCUT2D eigenvalue weighted by atomic mass is 16.3. The maximum Gasteiger partial charge on any atom is 0.0443 e. The SMILES string of the molecule is CN1CC(NCCCO)CC(c2ccccc2)C1. The van der Waals surface area contributed by atoms with Crippen molar-refractivity contribution in [1.29, 1.82) is 0 Å². The first-order valence-electron chi connectivity index (χ1n) is 6.87. The van der Waals surface area contributed by atoms with Gasteiger partial charge in [-0.3, -0.25) is 0 Å². The molecule has 1 aliphatic heterocycles. The fraction of sp³-hybridized carbons (Fsp3) is 0.600. The Labute approximate surface area is 110 Å². The molecule has 3 nitrogen and oxygen atoms in total. The lowest BCUT2D eigenvalue weighted by molar-refractivity contribution is 0.200. The number of likely N-dealkylation sites (tertiary alicyclic amines) is 1. The predicted molar refractivity (Wildman–Crippen MR) is 74.8 cm³/mol. The number of hydrogen-bond donors (Lipinski definition) is 2. The summed E-state index contributed by atoms with van der Waals surface area (Å²) in [6.45, 7) is 3.44. The highest BCUT2D eigenvalue weighted by Gasteiger charge is 2.25. The number of benzene rings is 1. The van der Waals surface area contributed by atoms with Crippen LogP contribution in [-0.4, -0.2) is 49.3 Å². The van der Waals surface area contributed by atoms with Crippen LogP contribution in [0.1, 0.15) is 24.3 Å². The quantitative estimate of drug-likeness (QED) is 0.774. The number of aliphatic hydroxyl groups excluding tert-OH is 1. The molecule has 18 heavy (non-hydrogen) atoms. The summed E-state index contributed by atoms with van der Waals surface area (Å²) in [7, 11) is 2.19. The third-order valence-corrected chi connectivity index (χ3v) is 3.67. The van der Waals surface area contributed by atoms with Crippen molar-refractivity contribution in [1.82, 2.24) is 10.2 Å². The zero-order chi connectivity index (χ0) is 12.8. The summed E-state index contributed by atoms with van der Waals surface area (Å²) in [5.41, 5.74) is 1.44. The second kappa shape index (κ2) is 6.88. The molecule has 0 spiro atoms. The molecule has 2 atom stereocenters. The van der Waals surface area contributed by atoms with E-state index in [9.17, 15) is 0 Å². The number of nitrogens with zero attached hydrogens (tertiary/aromatic N) is 1. The van der Waals surface area contributed by atoms with Crippen LogP contribution in [0.5, 0.6) is 0 Å². The van der Waals surface area contributed by atoms with E-state index in [0.717, 1.165) is 26.1 Å². The highest BCUT2D eigenvalue weighted by molar-refractivity contribution is 5.21. The first-order valence-corrected chi connectivity index (χ1v) is 6.87. The van der Waals surface area contributed by atoms with Crippen LogP contribution < -0.4 is 5.32 Å². The van der Waals surface area contributed by atoms with Crippen LogP contribution in [0.4, 0.5) is 0 Å². The van der Waals surface area contributed by atoms with Crippen LogP contribution in [0.15, 0.2) is 30.3 Å². The molecule has 1 saturated heterocycles. The number of aliphatic hydroxyl groups is 1. The Hall–Kier alpha value is -0.900. The van der Waals surface area contributed by atoms with Crippen molar-refractivity contribution < 1.29 is 5.11 Å². The molecule has 1 fully saturated rings. The van der Waals surface area contributed by atoms with Crippen molar-refractivity contribution in [3.63, 3.8) is 0 Å². The van der Waals surface area contributed by atoms with Crippen molar-refractivity contribution in [2.75, 3.05) is 33.3 Å². The van der Waals surface area contributed by atoms with Gasteiger partial charge in [0.2, 0.25) is 0 Å². The number of piperidine rings is 1. The molecule has 0 saturated carbocycles. The third kappa shape index (κ3) is 3.80. The van der Waals surface area contributed by atoms with Crippen molar-refractivity contribution in [2.24, 2.45) is 0 Å². The molecule has 0 bridgehead atoms. The normalized spacial score (nSPS) is 25.2. The zero-order valence-corrected chi connectivity index (χ0v) is 11.2. The van der Waals surface area contributed by atoms with Gasteiger partial charge in [0, 0.05) is 25.7 Å². The Morgan fingerprint density at radius 3 is 2.78 bits per heavy atom. The van der Waals surface area contributed by atoms with E-state index < -0.39 is 0 Å². The molecule has 100 valence electrons. The van der Waals surface area contributed by atoms with E-state index in [2.05, 4.69) is 47.6 Å². The molecular formula is C15H24N2O. The number of rotatable bonds is 5. The smallest absolute Gasteiger partial charge is 0.0443 e. The number of nitrogens with one attached hydrogen (secondary N) is 1. The predicted octanol–water partition coefficient (Wildman–Crippen LogP) is 1.45. The molecule has 0 aromatic heterocycles. The average Bonchev–Trinajstić information content (AvgIpc) is 2.39. The lowest BCUT2D eigenvalue weighted by atomic mass is 9.88. The van der Waals surface area contributed by atoms with Gasteiger partial charge in [-0.2, -0.15) is 0 Å². The molecule has 1 aromatic carbocycles. The molecule has 0 aliphatic carbocycles. The number of likely N-dealkylation sites (N-methyl/N-ethyl adjacent to an activating group) is 1. The fourth-order valence-electron chi connectivity index (χ4n) is 2.82. The molecule has 1 aliphatic rings. The van der Waals surface area contributed by atoms with Gasteiger partial charge in [-0.05, 0) is 37.9 Å². The first kappa shape index (κ1) is 13.5. The van der Waals surface area contributed by atoms with E-state index in [4.69, 9.17) is 5.11 Å². The van der Waals surface area contributed by atoms with Crippen LogP contribution >= 0.6 is 0 Å². The molecule has 2 rings (SSSR count). The van der Waals surface area contributed by atoms with Gasteiger partial charge in [0.25, 0.3) is 0 Å². The van der Waals surface area contributed by atoms with E-state index in [1.807, 2.05) is 0 Å². The molecule has 3 heteroatoms. The van der Waals surface area contributed by atoms with Crippen LogP contribution in [0.25, 0.3) is 0 Å². The second-order valence-corrected chi connectivity index (χ2v) is 5.29. The fourth-order valence-corrected chi connectivity index (χ4v) is 2.82. The van der Waals surface area contributed by atoms with Gasteiger partial charge < -0.3 is 15.3 Å². The van der Waals surface area contributed by atoms with Gasteiger partial charge in [-0.15, -0.1) is 0 Å². The minimum atomic E-state index is 0.275. The lowest BCUT2D eigenvalue weighted by Crippen LogP contribution is -2.47. The van der Waals surface area contributed by atoms with Crippen molar-refractivity contribution >= 4 is 0 Å². The van der Waals surface area contributed by atoms with Gasteiger partial charge in [0.05, 0.1) is 0 Å². The summed E-state index contributed by atoms with van der Waals surface area (Å²) >= 11 is 0.